The molecule has 362 valence electrons. The van der Waals surface area contributed by atoms with Gasteiger partial charge in [0.15, 0.2) is 11.3 Å². The molecule has 5 fully saturated rings. The monoisotopic (exact) mass is 938 g/mol. The molecule has 0 bridgehead atoms. The van der Waals surface area contributed by atoms with Gasteiger partial charge in [-0.3, -0.25) is 4.79 Å². The van der Waals surface area contributed by atoms with Crippen molar-refractivity contribution in [3.63, 3.8) is 0 Å². The Balaban J connectivity index is 0.000000164. The van der Waals surface area contributed by atoms with Crippen LogP contribution in [0.3, 0.4) is 0 Å². The summed E-state index contributed by atoms with van der Waals surface area (Å²) in [5.41, 5.74) is 12.3. The molecule has 3 N–H and O–H groups in total. The summed E-state index contributed by atoms with van der Waals surface area (Å²) < 4.78 is 28.2. The van der Waals surface area contributed by atoms with Gasteiger partial charge < -0.3 is 54.3 Å². The number of pyridine rings is 2. The van der Waals surface area contributed by atoms with Crippen molar-refractivity contribution in [2.45, 2.75) is 70.8 Å². The lowest BCUT2D eigenvalue weighted by atomic mass is 10.1. The summed E-state index contributed by atoms with van der Waals surface area (Å²) in [5.74, 6) is 3.07. The Labute approximate surface area is 402 Å². The Kier molecular flexibility index (Phi) is 13.9. The van der Waals surface area contributed by atoms with Crippen molar-refractivity contribution >= 4 is 62.9 Å². The van der Waals surface area contributed by atoms with Crippen molar-refractivity contribution in [2.24, 2.45) is 0 Å². The topological polar surface area (TPSA) is 192 Å². The van der Waals surface area contributed by atoms with Crippen LogP contribution in [0.1, 0.15) is 40.5 Å². The standard InChI is InChI=1S/C28H34N6O4.C23H28N6O2/c1-18-16-36-13-10-33(18)26-22-8-9-23(30-25(22)31-28(32-26)34-11-14-37-17-19(34)2)20-5-3-6-21(15-20)29-27(35)24-7-4-12-38-24;1-15-13-30-10-8-28(15)22-19-6-7-20(17-4-3-5-18(24)12-17)25-21(19)26-23(27-22)29-9-11-31-14-16(29)2/h3,5-6,8-9,15,18-19,24H,4,7,10-14,16-17H2,1-2H3,(H,29,35);3-7,12,15-16H,8-11,13-14,24H2,1-2H3/t18-,19-,24?;15-,16-/m00/s1. The van der Waals surface area contributed by atoms with Gasteiger partial charge in [-0.15, -0.1) is 0 Å². The highest BCUT2D eigenvalue weighted by Gasteiger charge is 2.30. The van der Waals surface area contributed by atoms with Crippen molar-refractivity contribution in [2.75, 3.05) is 116 Å². The van der Waals surface area contributed by atoms with Crippen LogP contribution in [0.25, 0.3) is 44.6 Å². The first kappa shape index (κ1) is 46.4. The van der Waals surface area contributed by atoms with Crippen LogP contribution in [-0.4, -0.2) is 152 Å². The minimum absolute atomic E-state index is 0.104. The van der Waals surface area contributed by atoms with Crippen molar-refractivity contribution in [3.8, 4) is 22.5 Å². The van der Waals surface area contributed by atoms with Crippen molar-refractivity contribution in [1.82, 2.24) is 29.9 Å². The van der Waals surface area contributed by atoms with Crippen LogP contribution >= 0.6 is 0 Å². The number of nitrogens with one attached hydrogen (secondary N) is 1. The minimum atomic E-state index is -0.379. The molecule has 5 aliphatic heterocycles. The number of ether oxygens (including phenoxy) is 5. The number of morpholine rings is 4. The van der Waals surface area contributed by atoms with Gasteiger partial charge in [0.05, 0.1) is 99.2 Å². The highest BCUT2D eigenvalue weighted by Crippen LogP contribution is 2.34. The summed E-state index contributed by atoms with van der Waals surface area (Å²) in [4.78, 5) is 51.5. The molecule has 1 amide bonds. The smallest absolute Gasteiger partial charge is 0.253 e. The third-order valence-electron chi connectivity index (χ3n) is 13.4. The second-order valence-corrected chi connectivity index (χ2v) is 18.5. The SMILES string of the molecule is C[C@H]1COCCN1c1nc(N2CCOC[C@@H]2C)c2ccc(-c3cccc(N)c3)nc2n1.C[C@H]1COCCN1c1nc(N2CCOC[C@@H]2C)c2ccc(-c3cccc(NC(=O)C4CCCO4)c3)nc2n1. The first-order valence-electron chi connectivity index (χ1n) is 24.3. The highest BCUT2D eigenvalue weighted by atomic mass is 16.5. The number of carbonyl (C=O) groups excluding carboxylic acids is 1. The van der Waals surface area contributed by atoms with Crippen LogP contribution in [0.15, 0.2) is 72.8 Å². The van der Waals surface area contributed by atoms with Gasteiger partial charge in [0.25, 0.3) is 5.91 Å². The zero-order valence-electron chi connectivity index (χ0n) is 39.9. The average molecular weight is 939 g/mol. The number of hydrogen-bond donors (Lipinski definition) is 2. The fourth-order valence-corrected chi connectivity index (χ4v) is 9.58. The number of rotatable bonds is 8. The molecular formula is C51H62N12O6. The molecule has 0 radical (unpaired) electrons. The Morgan fingerprint density at radius 2 is 1.04 bits per heavy atom. The lowest BCUT2D eigenvalue weighted by molar-refractivity contribution is -0.124. The van der Waals surface area contributed by atoms with E-state index in [1.807, 2.05) is 60.7 Å². The number of fused-ring (bicyclic) bond motifs is 2. The second kappa shape index (κ2) is 20.7. The largest absolute Gasteiger partial charge is 0.399 e. The van der Waals surface area contributed by atoms with Gasteiger partial charge in [-0.25, -0.2) is 9.97 Å². The van der Waals surface area contributed by atoms with E-state index in [-0.39, 0.29) is 36.2 Å². The first-order valence-corrected chi connectivity index (χ1v) is 24.3. The van der Waals surface area contributed by atoms with E-state index in [0.29, 0.717) is 88.3 Å². The number of amides is 1. The van der Waals surface area contributed by atoms with E-state index in [1.54, 1.807) is 0 Å². The third-order valence-corrected chi connectivity index (χ3v) is 13.4. The zero-order valence-corrected chi connectivity index (χ0v) is 39.9. The number of hydrogen-bond acceptors (Lipinski definition) is 17. The summed E-state index contributed by atoms with van der Waals surface area (Å²) in [5, 5.41) is 4.85. The van der Waals surface area contributed by atoms with E-state index >= 15 is 0 Å². The lowest BCUT2D eigenvalue weighted by Gasteiger charge is -2.37. The number of carbonyl (C=O) groups is 1. The van der Waals surface area contributed by atoms with Crippen molar-refractivity contribution in [3.05, 3.63) is 72.8 Å². The maximum absolute atomic E-state index is 12.6. The Hall–Kier alpha value is -6.31. The van der Waals surface area contributed by atoms with Crippen LogP contribution in [0.2, 0.25) is 0 Å². The summed E-state index contributed by atoms with van der Waals surface area (Å²) in [6.07, 6.45) is 1.29. The van der Waals surface area contributed by atoms with Crippen LogP contribution < -0.4 is 30.7 Å². The molecule has 18 nitrogen and oxygen atoms in total. The number of anilines is 6. The summed E-state index contributed by atoms with van der Waals surface area (Å²) >= 11 is 0. The predicted octanol–water partition coefficient (Wildman–Crippen LogP) is 5.98. The minimum Gasteiger partial charge on any atom is -0.399 e. The number of benzene rings is 2. The molecular weight excluding hydrogens is 877 g/mol. The summed E-state index contributed by atoms with van der Waals surface area (Å²) in [7, 11) is 0. The van der Waals surface area contributed by atoms with Gasteiger partial charge in [-0.1, -0.05) is 24.3 Å². The number of aromatic nitrogens is 6. The molecule has 5 saturated heterocycles. The molecule has 5 atom stereocenters. The molecule has 9 heterocycles. The molecule has 5 aliphatic rings. The van der Waals surface area contributed by atoms with Crippen LogP contribution in [0.5, 0.6) is 0 Å². The van der Waals surface area contributed by atoms with Gasteiger partial charge in [0.1, 0.15) is 17.7 Å². The van der Waals surface area contributed by atoms with Crippen LogP contribution in [-0.2, 0) is 28.5 Å². The summed E-state index contributed by atoms with van der Waals surface area (Å²) in [6.45, 7) is 17.6. The van der Waals surface area contributed by atoms with Gasteiger partial charge >= 0.3 is 0 Å². The number of nitrogen functional groups attached to an aromatic ring is 1. The number of nitrogens with zero attached hydrogens (tertiary/aromatic N) is 10. The fourth-order valence-electron chi connectivity index (χ4n) is 9.58. The molecule has 0 aliphatic carbocycles. The molecule has 6 aromatic rings. The first-order chi connectivity index (χ1) is 33.7. The van der Waals surface area contributed by atoms with Gasteiger partial charge in [-0.05, 0) is 89.1 Å². The van der Waals surface area contributed by atoms with E-state index in [0.717, 1.165) is 89.6 Å². The lowest BCUT2D eigenvalue weighted by Crippen LogP contribution is -2.46. The molecule has 1 unspecified atom stereocenters. The molecule has 2 aromatic carbocycles. The predicted molar refractivity (Wildman–Crippen MR) is 268 cm³/mol. The molecule has 4 aromatic heterocycles. The van der Waals surface area contributed by atoms with Gasteiger partial charge in [0.2, 0.25) is 11.9 Å². The van der Waals surface area contributed by atoms with E-state index in [4.69, 9.17) is 59.3 Å². The highest BCUT2D eigenvalue weighted by molar-refractivity contribution is 5.95. The molecule has 0 saturated carbocycles. The maximum atomic E-state index is 12.6. The molecule has 0 spiro atoms. The molecule has 11 rings (SSSR count). The third kappa shape index (κ3) is 10.2. The second-order valence-electron chi connectivity index (χ2n) is 18.5. The van der Waals surface area contributed by atoms with Crippen molar-refractivity contribution < 1.29 is 28.5 Å². The van der Waals surface area contributed by atoms with E-state index in [1.165, 1.54) is 0 Å². The average Bonchev–Trinajstić information content (AvgIpc) is 3.92. The van der Waals surface area contributed by atoms with E-state index < -0.39 is 0 Å². The summed E-state index contributed by atoms with van der Waals surface area (Å²) in [6, 6.07) is 24.5. The number of nitrogens with two attached hydrogens (primary N) is 1. The normalized spacial score (nSPS) is 23.2. The Morgan fingerprint density at radius 1 is 0.565 bits per heavy atom. The van der Waals surface area contributed by atoms with E-state index in [9.17, 15) is 4.79 Å². The van der Waals surface area contributed by atoms with E-state index in [2.05, 4.69) is 64.7 Å². The fraction of sp³-hybridized carbons (Fsp3) is 0.471. The van der Waals surface area contributed by atoms with Crippen LogP contribution in [0.4, 0.5) is 34.9 Å². The van der Waals surface area contributed by atoms with Crippen molar-refractivity contribution in [1.29, 1.82) is 0 Å². The zero-order chi connectivity index (χ0) is 47.4. The quantitative estimate of drug-likeness (QED) is 0.169. The van der Waals surface area contributed by atoms with Gasteiger partial charge in [-0.2, -0.15) is 19.9 Å². The van der Waals surface area contributed by atoms with Gasteiger partial charge in [0, 0.05) is 55.3 Å². The van der Waals surface area contributed by atoms with Crippen LogP contribution in [0, 0.1) is 0 Å². The molecule has 18 heteroatoms. The maximum Gasteiger partial charge on any atom is 0.253 e. The Bertz CT molecular complexity index is 2780. The Morgan fingerprint density at radius 3 is 1.51 bits per heavy atom. The molecule has 69 heavy (non-hydrogen) atoms.